The normalized spacial score (nSPS) is 11.3. The predicted octanol–water partition coefficient (Wildman–Crippen LogP) is 3.71. The van der Waals surface area contributed by atoms with Gasteiger partial charge in [-0.2, -0.15) is 13.2 Å². The lowest BCUT2D eigenvalue weighted by Gasteiger charge is -2.10. The van der Waals surface area contributed by atoms with E-state index in [1.807, 2.05) is 0 Å². The molecule has 0 aliphatic carbocycles. The molecular weight excluding hydrogens is 307 g/mol. The van der Waals surface area contributed by atoms with Gasteiger partial charge in [0.15, 0.2) is 0 Å². The van der Waals surface area contributed by atoms with Gasteiger partial charge in [-0.05, 0) is 31.2 Å². The summed E-state index contributed by atoms with van der Waals surface area (Å²) in [4.78, 5) is 19.2. The Balaban J connectivity index is 2.22. The van der Waals surface area contributed by atoms with Crippen molar-refractivity contribution in [2.75, 3.05) is 5.32 Å². The zero-order valence-electron chi connectivity index (χ0n) is 10.7. The van der Waals surface area contributed by atoms with Crippen molar-refractivity contribution in [1.29, 1.82) is 0 Å². The number of carbonyl (C=O) groups is 1. The average Bonchev–Trinajstić information content (AvgIpc) is 2.40. The summed E-state index contributed by atoms with van der Waals surface area (Å²) in [5.41, 5.74) is -1.02. The van der Waals surface area contributed by atoms with Crippen LogP contribution in [0, 0.1) is 6.92 Å². The van der Waals surface area contributed by atoms with Gasteiger partial charge in [-0.25, -0.2) is 9.97 Å². The van der Waals surface area contributed by atoms with Gasteiger partial charge in [0.1, 0.15) is 11.5 Å². The molecule has 0 aromatic carbocycles. The van der Waals surface area contributed by atoms with E-state index in [1.54, 1.807) is 0 Å². The van der Waals surface area contributed by atoms with E-state index in [9.17, 15) is 18.0 Å². The van der Waals surface area contributed by atoms with Gasteiger partial charge >= 0.3 is 6.18 Å². The molecule has 2 aromatic rings. The smallest absolute Gasteiger partial charge is 0.307 e. The highest BCUT2D eigenvalue weighted by atomic mass is 35.5. The molecule has 0 aliphatic heterocycles. The molecule has 0 spiro atoms. The fraction of sp³-hybridized carbons (Fsp3) is 0.154. The Morgan fingerprint density at radius 3 is 2.48 bits per heavy atom. The van der Waals surface area contributed by atoms with Crippen LogP contribution in [-0.2, 0) is 6.18 Å². The molecule has 0 radical (unpaired) electrons. The number of amides is 1. The molecule has 0 bridgehead atoms. The summed E-state index contributed by atoms with van der Waals surface area (Å²) in [5.74, 6) is -0.354. The predicted molar refractivity (Wildman–Crippen MR) is 71.2 cm³/mol. The summed E-state index contributed by atoms with van der Waals surface area (Å²) < 4.78 is 37.5. The number of aromatic nitrogens is 2. The quantitative estimate of drug-likeness (QED) is 0.919. The fourth-order valence-corrected chi connectivity index (χ4v) is 1.70. The summed E-state index contributed by atoms with van der Waals surface area (Å²) in [7, 11) is 0. The zero-order chi connectivity index (χ0) is 15.6. The lowest BCUT2D eigenvalue weighted by molar-refractivity contribution is -0.141. The topological polar surface area (TPSA) is 54.9 Å². The molecule has 2 heterocycles. The van der Waals surface area contributed by atoms with Crippen LogP contribution in [0.1, 0.15) is 21.7 Å². The van der Waals surface area contributed by atoms with E-state index in [1.165, 1.54) is 25.3 Å². The van der Waals surface area contributed by atoms with Gasteiger partial charge in [0, 0.05) is 6.20 Å². The van der Waals surface area contributed by atoms with Crippen LogP contribution in [0.3, 0.4) is 0 Å². The van der Waals surface area contributed by atoms with E-state index < -0.39 is 17.8 Å². The number of anilines is 1. The Bertz CT molecular complexity index is 671. The highest BCUT2D eigenvalue weighted by Crippen LogP contribution is 2.28. The van der Waals surface area contributed by atoms with Crippen molar-refractivity contribution in [1.82, 2.24) is 9.97 Å². The fourth-order valence-electron chi connectivity index (χ4n) is 1.59. The minimum atomic E-state index is -4.54. The highest BCUT2D eigenvalue weighted by molar-refractivity contribution is 6.30. The second-order valence-corrected chi connectivity index (χ2v) is 4.58. The molecule has 1 N–H and O–H groups in total. The van der Waals surface area contributed by atoms with Crippen LogP contribution in [0.2, 0.25) is 5.02 Å². The Labute approximate surface area is 123 Å². The number of alkyl halides is 3. The zero-order valence-corrected chi connectivity index (χ0v) is 11.5. The minimum Gasteiger partial charge on any atom is -0.307 e. The number of aryl methyl sites for hydroxylation is 1. The van der Waals surface area contributed by atoms with Crippen LogP contribution in [0.4, 0.5) is 19.0 Å². The molecule has 8 heteroatoms. The maximum atomic E-state index is 12.5. The summed E-state index contributed by atoms with van der Waals surface area (Å²) in [5, 5.41) is 2.86. The summed E-state index contributed by atoms with van der Waals surface area (Å²) >= 11 is 5.66. The maximum Gasteiger partial charge on any atom is 0.433 e. The van der Waals surface area contributed by atoms with E-state index in [2.05, 4.69) is 15.3 Å². The number of carbonyl (C=O) groups excluding carboxylic acids is 1. The van der Waals surface area contributed by atoms with Crippen molar-refractivity contribution in [3.8, 4) is 0 Å². The van der Waals surface area contributed by atoms with Crippen molar-refractivity contribution in [2.45, 2.75) is 13.1 Å². The average molecular weight is 316 g/mol. The number of hydrogen-bond donors (Lipinski definition) is 1. The Hall–Kier alpha value is -2.15. The van der Waals surface area contributed by atoms with E-state index in [4.69, 9.17) is 11.6 Å². The first-order valence-corrected chi connectivity index (χ1v) is 6.13. The Morgan fingerprint density at radius 2 is 1.95 bits per heavy atom. The summed E-state index contributed by atoms with van der Waals surface area (Å²) in [6, 6.07) is 4.85. The van der Waals surface area contributed by atoms with Gasteiger partial charge in [0.25, 0.3) is 5.91 Å². The monoisotopic (exact) mass is 315 g/mol. The first-order chi connectivity index (χ1) is 9.77. The molecule has 2 rings (SSSR count). The van der Waals surface area contributed by atoms with Crippen molar-refractivity contribution in [3.05, 3.63) is 52.4 Å². The van der Waals surface area contributed by atoms with Crippen molar-refractivity contribution in [3.63, 3.8) is 0 Å². The Morgan fingerprint density at radius 1 is 1.24 bits per heavy atom. The van der Waals surface area contributed by atoms with Gasteiger partial charge in [0.2, 0.25) is 0 Å². The Kier molecular flexibility index (Phi) is 4.13. The SMILES string of the molecule is Cc1nc(C(F)(F)F)ccc1C(=O)Nc1ccc(Cl)cn1. The number of pyridine rings is 2. The molecule has 2 aromatic heterocycles. The minimum absolute atomic E-state index is 0.0173. The summed E-state index contributed by atoms with van der Waals surface area (Å²) in [6.07, 6.45) is -3.20. The molecule has 0 unspecified atom stereocenters. The largest absolute Gasteiger partial charge is 0.433 e. The van der Waals surface area contributed by atoms with Crippen LogP contribution in [0.5, 0.6) is 0 Å². The standard InChI is InChI=1S/C13H9ClF3N3O/c1-7-9(3-4-10(19-7)13(15,16)17)12(21)20-11-5-2-8(14)6-18-11/h2-6H,1H3,(H,18,20,21). The molecule has 0 atom stereocenters. The van der Waals surface area contributed by atoms with Crippen LogP contribution in [-0.4, -0.2) is 15.9 Å². The van der Waals surface area contributed by atoms with Gasteiger partial charge in [-0.1, -0.05) is 11.6 Å². The molecule has 21 heavy (non-hydrogen) atoms. The number of halogens is 4. The van der Waals surface area contributed by atoms with E-state index >= 15 is 0 Å². The van der Waals surface area contributed by atoms with E-state index in [0.717, 1.165) is 12.1 Å². The number of nitrogens with one attached hydrogen (secondary N) is 1. The molecule has 0 fully saturated rings. The van der Waals surface area contributed by atoms with Crippen molar-refractivity contribution < 1.29 is 18.0 Å². The second kappa shape index (κ2) is 5.69. The van der Waals surface area contributed by atoms with Crippen LogP contribution >= 0.6 is 11.6 Å². The summed E-state index contributed by atoms with van der Waals surface area (Å²) in [6.45, 7) is 1.33. The van der Waals surface area contributed by atoms with Gasteiger partial charge in [-0.3, -0.25) is 4.79 Å². The third-order valence-corrected chi connectivity index (χ3v) is 2.81. The molecule has 1 amide bonds. The van der Waals surface area contributed by atoms with E-state index in [-0.39, 0.29) is 17.1 Å². The molecule has 0 saturated heterocycles. The highest BCUT2D eigenvalue weighted by Gasteiger charge is 2.33. The number of rotatable bonds is 2. The molecular formula is C13H9ClF3N3O. The van der Waals surface area contributed by atoms with Gasteiger partial charge in [0.05, 0.1) is 16.3 Å². The third kappa shape index (κ3) is 3.69. The van der Waals surface area contributed by atoms with Crippen molar-refractivity contribution >= 4 is 23.3 Å². The number of hydrogen-bond acceptors (Lipinski definition) is 3. The molecule has 110 valence electrons. The first-order valence-electron chi connectivity index (χ1n) is 5.75. The van der Waals surface area contributed by atoms with Crippen LogP contribution in [0.15, 0.2) is 30.5 Å². The lowest BCUT2D eigenvalue weighted by atomic mass is 10.1. The maximum absolute atomic E-state index is 12.5. The van der Waals surface area contributed by atoms with Crippen molar-refractivity contribution in [2.24, 2.45) is 0 Å². The van der Waals surface area contributed by atoms with E-state index in [0.29, 0.717) is 5.02 Å². The van der Waals surface area contributed by atoms with Gasteiger partial charge < -0.3 is 5.32 Å². The molecule has 0 saturated carbocycles. The first kappa shape index (κ1) is 15.2. The van der Waals surface area contributed by atoms with Gasteiger partial charge in [-0.15, -0.1) is 0 Å². The third-order valence-electron chi connectivity index (χ3n) is 2.59. The van der Waals surface area contributed by atoms with Crippen LogP contribution < -0.4 is 5.32 Å². The van der Waals surface area contributed by atoms with Crippen LogP contribution in [0.25, 0.3) is 0 Å². The molecule has 0 aliphatic rings. The second-order valence-electron chi connectivity index (χ2n) is 4.14. The molecule has 4 nitrogen and oxygen atoms in total. The lowest BCUT2D eigenvalue weighted by Crippen LogP contribution is -2.17. The number of nitrogens with zero attached hydrogens (tertiary/aromatic N) is 2.